The van der Waals surface area contributed by atoms with Crippen LogP contribution in [0.4, 0.5) is 10.2 Å². The Kier molecular flexibility index (Phi) is 9.39. The predicted molar refractivity (Wildman–Crippen MR) is 176 cm³/mol. The number of carbonyl (C=O) groups is 2. The number of fused-ring (bicyclic) bond motifs is 1. The van der Waals surface area contributed by atoms with Crippen molar-refractivity contribution in [2.75, 3.05) is 26.1 Å². The molecule has 1 unspecified atom stereocenters. The first-order chi connectivity index (χ1) is 22.8. The smallest absolute Gasteiger partial charge is 0.251 e. The molecule has 11 nitrogen and oxygen atoms in total. The second-order valence-electron chi connectivity index (χ2n) is 11.6. The molecule has 1 aliphatic heterocycles. The number of anilines is 1. The number of nitrogens with zero attached hydrogens (tertiary/aromatic N) is 4. The van der Waals surface area contributed by atoms with Crippen molar-refractivity contribution in [3.05, 3.63) is 95.7 Å². The van der Waals surface area contributed by atoms with Crippen LogP contribution in [-0.2, 0) is 11.3 Å². The first kappa shape index (κ1) is 31.6. The van der Waals surface area contributed by atoms with Gasteiger partial charge in [-0.15, -0.1) is 0 Å². The zero-order valence-corrected chi connectivity index (χ0v) is 26.4. The van der Waals surface area contributed by atoms with Crippen LogP contribution in [0.5, 0.6) is 11.5 Å². The van der Waals surface area contributed by atoms with Gasteiger partial charge in [0.15, 0.2) is 0 Å². The van der Waals surface area contributed by atoms with Crippen molar-refractivity contribution < 1.29 is 23.5 Å². The second-order valence-corrected chi connectivity index (χ2v) is 11.6. The molecule has 2 aromatic carbocycles. The van der Waals surface area contributed by atoms with Gasteiger partial charge in [-0.2, -0.15) is 5.10 Å². The van der Waals surface area contributed by atoms with Crippen LogP contribution < -0.4 is 20.1 Å². The number of hydrogen-bond donors (Lipinski definition) is 3. The number of ether oxygens (including phenoxy) is 2. The lowest BCUT2D eigenvalue weighted by molar-refractivity contribution is -0.117. The Balaban J connectivity index is 1.20. The lowest BCUT2D eigenvalue weighted by atomic mass is 9.94. The number of aryl methyl sites for hydroxylation is 1. The summed E-state index contributed by atoms with van der Waals surface area (Å²) in [6, 6.07) is 16.9. The molecule has 1 fully saturated rings. The Morgan fingerprint density at radius 2 is 1.87 bits per heavy atom. The van der Waals surface area contributed by atoms with E-state index in [1.54, 1.807) is 49.8 Å². The summed E-state index contributed by atoms with van der Waals surface area (Å²) in [6.45, 7) is 2.53. The Morgan fingerprint density at radius 1 is 1.02 bits per heavy atom. The molecule has 2 amide bonds. The van der Waals surface area contributed by atoms with E-state index < -0.39 is 5.82 Å². The molecule has 12 heteroatoms. The number of rotatable bonds is 10. The van der Waals surface area contributed by atoms with Crippen LogP contribution in [0.1, 0.15) is 40.9 Å². The third-order valence-electron chi connectivity index (χ3n) is 8.46. The fraction of sp³-hybridized carbons (Fsp3) is 0.286. The molecular formula is C35H36FN7O4. The monoisotopic (exact) mass is 637 g/mol. The van der Waals surface area contributed by atoms with E-state index in [1.165, 1.54) is 13.2 Å². The number of aromatic amines is 1. The summed E-state index contributed by atoms with van der Waals surface area (Å²) in [5.41, 5.74) is 4.24. The fourth-order valence-corrected chi connectivity index (χ4v) is 6.08. The number of nitrogens with one attached hydrogen (secondary N) is 3. The van der Waals surface area contributed by atoms with E-state index in [0.717, 1.165) is 27.9 Å². The van der Waals surface area contributed by atoms with Crippen molar-refractivity contribution in [1.82, 2.24) is 30.4 Å². The molecule has 242 valence electrons. The first-order valence-corrected chi connectivity index (χ1v) is 15.4. The van der Waals surface area contributed by atoms with Crippen molar-refractivity contribution >= 4 is 28.5 Å². The fourth-order valence-electron chi connectivity index (χ4n) is 6.08. The van der Waals surface area contributed by atoms with Crippen LogP contribution in [0, 0.1) is 12.7 Å². The molecule has 4 heterocycles. The standard InChI is InChI=1S/C35H36FN7O4/c1-21-15-22(11-13-37-21)34-27-16-23(7-10-30(27)41-42-34)35(45)39-24-8-9-25(17-33(44)40-32-18-26(46-2)12-14-38-32)43(19-24)20-28-29(36)5-4-6-31(28)47-3/h4-7,10-16,18,24-25H,8-9,17,19-20H2,1-3H3,(H,39,45)(H,41,42)(H,38,40,44)/t24-,25?/m1/s1. The molecule has 0 bridgehead atoms. The zero-order valence-electron chi connectivity index (χ0n) is 26.4. The summed E-state index contributed by atoms with van der Waals surface area (Å²) in [4.78, 5) is 37.2. The van der Waals surface area contributed by atoms with Crippen molar-refractivity contribution in [3.8, 4) is 22.8 Å². The Morgan fingerprint density at radius 3 is 2.68 bits per heavy atom. The summed E-state index contributed by atoms with van der Waals surface area (Å²) in [5.74, 6) is 0.544. The van der Waals surface area contributed by atoms with E-state index in [2.05, 4.69) is 30.8 Å². The quantitative estimate of drug-likeness (QED) is 0.189. The maximum atomic E-state index is 15.1. The van der Waals surface area contributed by atoms with Gasteiger partial charge in [-0.05, 0) is 68.3 Å². The number of H-pyrrole nitrogens is 1. The van der Waals surface area contributed by atoms with Crippen LogP contribution in [-0.4, -0.2) is 69.7 Å². The summed E-state index contributed by atoms with van der Waals surface area (Å²) in [6.07, 6.45) is 4.70. The van der Waals surface area contributed by atoms with E-state index >= 15 is 4.39 Å². The third kappa shape index (κ3) is 7.23. The largest absolute Gasteiger partial charge is 0.497 e. The van der Waals surface area contributed by atoms with Crippen LogP contribution in [0.25, 0.3) is 22.2 Å². The van der Waals surface area contributed by atoms with Crippen LogP contribution in [0.15, 0.2) is 73.1 Å². The Bertz CT molecular complexity index is 1910. The van der Waals surface area contributed by atoms with Crippen molar-refractivity contribution in [2.45, 2.75) is 44.8 Å². The lowest BCUT2D eigenvalue weighted by Gasteiger charge is -2.40. The van der Waals surface area contributed by atoms with Gasteiger partial charge in [-0.3, -0.25) is 24.6 Å². The molecule has 0 spiro atoms. The minimum atomic E-state index is -0.395. The molecule has 0 saturated carbocycles. The topological polar surface area (TPSA) is 134 Å². The van der Waals surface area contributed by atoms with E-state index in [-0.39, 0.29) is 36.9 Å². The van der Waals surface area contributed by atoms with Crippen LogP contribution in [0.2, 0.25) is 0 Å². The lowest BCUT2D eigenvalue weighted by Crippen LogP contribution is -2.52. The Hall–Kier alpha value is -5.36. The van der Waals surface area contributed by atoms with E-state index in [9.17, 15) is 9.59 Å². The highest BCUT2D eigenvalue weighted by Crippen LogP contribution is 2.30. The minimum Gasteiger partial charge on any atom is -0.497 e. The third-order valence-corrected chi connectivity index (χ3v) is 8.46. The van der Waals surface area contributed by atoms with Gasteiger partial charge in [-0.25, -0.2) is 9.37 Å². The molecule has 6 rings (SSSR count). The summed E-state index contributed by atoms with van der Waals surface area (Å²) in [7, 11) is 3.05. The summed E-state index contributed by atoms with van der Waals surface area (Å²) < 4.78 is 25.8. The second kappa shape index (κ2) is 14.0. The van der Waals surface area contributed by atoms with Gasteiger partial charge < -0.3 is 20.1 Å². The van der Waals surface area contributed by atoms with Crippen LogP contribution >= 0.6 is 0 Å². The molecule has 1 saturated heterocycles. The highest BCUT2D eigenvalue weighted by molar-refractivity contribution is 6.01. The average molecular weight is 638 g/mol. The molecule has 3 N–H and O–H groups in total. The van der Waals surface area contributed by atoms with Gasteiger partial charge in [0.1, 0.15) is 28.8 Å². The van der Waals surface area contributed by atoms with E-state index in [4.69, 9.17) is 9.47 Å². The SMILES string of the molecule is COc1ccnc(NC(=O)CC2CC[C@@H](NC(=O)c3ccc4[nH]nc(-c5ccnc(C)c5)c4c3)CN2Cc2c(F)cccc2OC)c1. The highest BCUT2D eigenvalue weighted by atomic mass is 19.1. The number of carbonyl (C=O) groups excluding carboxylic acids is 2. The van der Waals surface area contributed by atoms with Crippen LogP contribution in [0.3, 0.4) is 0 Å². The van der Waals surface area contributed by atoms with Gasteiger partial charge in [-0.1, -0.05) is 6.07 Å². The van der Waals surface area contributed by atoms with Gasteiger partial charge in [0.05, 0.1) is 19.7 Å². The van der Waals surface area contributed by atoms with Gasteiger partial charge in [0, 0.05) is 77.8 Å². The van der Waals surface area contributed by atoms with Gasteiger partial charge in [0.2, 0.25) is 5.91 Å². The number of pyridine rings is 2. The molecule has 5 aromatic rings. The number of amides is 2. The maximum absolute atomic E-state index is 15.1. The summed E-state index contributed by atoms with van der Waals surface area (Å²) >= 11 is 0. The number of hydrogen-bond acceptors (Lipinski definition) is 8. The van der Waals surface area contributed by atoms with Gasteiger partial charge in [0.25, 0.3) is 5.91 Å². The molecule has 0 aliphatic carbocycles. The predicted octanol–water partition coefficient (Wildman–Crippen LogP) is 5.28. The van der Waals surface area contributed by atoms with Crippen molar-refractivity contribution in [1.29, 1.82) is 0 Å². The molecule has 1 aliphatic rings. The van der Waals surface area contributed by atoms with Gasteiger partial charge >= 0.3 is 0 Å². The molecule has 3 aromatic heterocycles. The van der Waals surface area contributed by atoms with Crippen molar-refractivity contribution in [2.24, 2.45) is 0 Å². The number of benzene rings is 2. The molecular weight excluding hydrogens is 601 g/mol. The highest BCUT2D eigenvalue weighted by Gasteiger charge is 2.32. The normalized spacial score (nSPS) is 16.5. The number of aromatic nitrogens is 4. The average Bonchev–Trinajstić information content (AvgIpc) is 3.50. The summed E-state index contributed by atoms with van der Waals surface area (Å²) in [5, 5.41) is 14.4. The number of methoxy groups -OCH3 is 2. The minimum absolute atomic E-state index is 0.157. The molecule has 2 atom stereocenters. The molecule has 0 radical (unpaired) electrons. The maximum Gasteiger partial charge on any atom is 0.251 e. The zero-order chi connectivity index (χ0) is 32.9. The first-order valence-electron chi connectivity index (χ1n) is 15.4. The van der Waals surface area contributed by atoms with E-state index in [0.29, 0.717) is 47.8 Å². The van der Waals surface area contributed by atoms with Crippen molar-refractivity contribution in [3.63, 3.8) is 0 Å². The number of piperidine rings is 1. The van der Waals surface area contributed by atoms with E-state index in [1.807, 2.05) is 36.1 Å². The number of halogens is 1. The number of likely N-dealkylation sites (tertiary alicyclic amines) is 1. The Labute approximate surface area is 271 Å². The molecule has 47 heavy (non-hydrogen) atoms.